The molecular weight excluding hydrogens is 246 g/mol. The number of hydrogen-bond acceptors (Lipinski definition) is 2. The average molecular weight is 258 g/mol. The molecule has 0 heterocycles. The second-order valence-corrected chi connectivity index (χ2v) is 3.72. The highest BCUT2D eigenvalue weighted by molar-refractivity contribution is 9.10. The molecule has 3 nitrogen and oxygen atoms in total. The quantitative estimate of drug-likeness (QED) is 0.896. The van der Waals surface area contributed by atoms with Gasteiger partial charge in [-0.05, 0) is 12.1 Å². The standard InChI is InChI=1S/C10H12BrNO2/c1-12-10(13)5-7-3-4-8(11)6-9(7)14-2/h3-4,6H,5H2,1-2H3,(H,12,13). The van der Waals surface area contributed by atoms with E-state index < -0.39 is 0 Å². The van der Waals surface area contributed by atoms with Crippen LogP contribution in [0.2, 0.25) is 0 Å². The van der Waals surface area contributed by atoms with Gasteiger partial charge in [-0.15, -0.1) is 0 Å². The minimum absolute atomic E-state index is 0.0226. The lowest BCUT2D eigenvalue weighted by molar-refractivity contribution is -0.119. The van der Waals surface area contributed by atoms with E-state index in [0.717, 1.165) is 15.8 Å². The molecule has 0 saturated carbocycles. The second-order valence-electron chi connectivity index (χ2n) is 2.81. The number of ether oxygens (including phenoxy) is 1. The first-order valence-electron chi connectivity index (χ1n) is 4.20. The summed E-state index contributed by atoms with van der Waals surface area (Å²) in [6.45, 7) is 0. The normalized spacial score (nSPS) is 9.64. The number of benzene rings is 1. The van der Waals surface area contributed by atoms with E-state index in [9.17, 15) is 4.79 Å². The van der Waals surface area contributed by atoms with Crippen LogP contribution in [0.25, 0.3) is 0 Å². The summed E-state index contributed by atoms with van der Waals surface area (Å²) in [5.41, 5.74) is 0.884. The molecule has 0 aliphatic carbocycles. The van der Waals surface area contributed by atoms with E-state index in [1.54, 1.807) is 14.2 Å². The zero-order valence-corrected chi connectivity index (χ0v) is 9.72. The SMILES string of the molecule is CNC(=O)Cc1ccc(Br)cc1OC. The number of halogens is 1. The van der Waals surface area contributed by atoms with E-state index >= 15 is 0 Å². The number of rotatable bonds is 3. The molecule has 76 valence electrons. The van der Waals surface area contributed by atoms with Crippen molar-refractivity contribution in [3.05, 3.63) is 28.2 Å². The van der Waals surface area contributed by atoms with Gasteiger partial charge in [0.05, 0.1) is 13.5 Å². The molecule has 14 heavy (non-hydrogen) atoms. The fourth-order valence-electron chi connectivity index (χ4n) is 1.13. The van der Waals surface area contributed by atoms with Crippen LogP contribution in [0.5, 0.6) is 5.75 Å². The molecule has 0 atom stereocenters. The monoisotopic (exact) mass is 257 g/mol. The molecule has 0 aromatic heterocycles. The fraction of sp³-hybridized carbons (Fsp3) is 0.300. The molecule has 0 unspecified atom stereocenters. The van der Waals surface area contributed by atoms with Gasteiger partial charge in [0, 0.05) is 17.1 Å². The van der Waals surface area contributed by atoms with E-state index in [1.165, 1.54) is 0 Å². The molecular formula is C10H12BrNO2. The Morgan fingerprint density at radius 2 is 2.29 bits per heavy atom. The predicted octanol–water partition coefficient (Wildman–Crippen LogP) is 1.75. The first-order valence-corrected chi connectivity index (χ1v) is 4.99. The summed E-state index contributed by atoms with van der Waals surface area (Å²) in [4.78, 5) is 11.2. The Hall–Kier alpha value is -1.03. The topological polar surface area (TPSA) is 38.3 Å². The Morgan fingerprint density at radius 3 is 2.86 bits per heavy atom. The van der Waals surface area contributed by atoms with E-state index in [4.69, 9.17) is 4.74 Å². The van der Waals surface area contributed by atoms with Gasteiger partial charge in [0.15, 0.2) is 0 Å². The fourth-order valence-corrected chi connectivity index (χ4v) is 1.47. The number of methoxy groups -OCH3 is 1. The zero-order chi connectivity index (χ0) is 10.6. The zero-order valence-electron chi connectivity index (χ0n) is 8.13. The van der Waals surface area contributed by atoms with Crippen molar-refractivity contribution >= 4 is 21.8 Å². The second kappa shape index (κ2) is 5.00. The van der Waals surface area contributed by atoms with Gasteiger partial charge >= 0.3 is 0 Å². The third kappa shape index (κ3) is 2.73. The Labute approximate surface area is 91.6 Å². The Bertz CT molecular complexity index is 339. The van der Waals surface area contributed by atoms with Gasteiger partial charge in [-0.3, -0.25) is 4.79 Å². The third-order valence-corrected chi connectivity index (χ3v) is 2.37. The molecule has 1 rings (SSSR count). The molecule has 0 aliphatic rings. The highest BCUT2D eigenvalue weighted by Crippen LogP contribution is 2.23. The van der Waals surface area contributed by atoms with Crippen molar-refractivity contribution in [1.29, 1.82) is 0 Å². The molecule has 1 aromatic rings. The third-order valence-electron chi connectivity index (χ3n) is 1.88. The number of carbonyl (C=O) groups excluding carboxylic acids is 1. The summed E-state index contributed by atoms with van der Waals surface area (Å²) in [6, 6.07) is 5.61. The van der Waals surface area contributed by atoms with Crippen LogP contribution in [0.3, 0.4) is 0 Å². The summed E-state index contributed by atoms with van der Waals surface area (Å²) >= 11 is 3.34. The highest BCUT2D eigenvalue weighted by atomic mass is 79.9. The summed E-state index contributed by atoms with van der Waals surface area (Å²) in [5.74, 6) is 0.702. The van der Waals surface area contributed by atoms with Crippen LogP contribution >= 0.6 is 15.9 Å². The van der Waals surface area contributed by atoms with Gasteiger partial charge in [-0.1, -0.05) is 22.0 Å². The first-order chi connectivity index (χ1) is 6.67. The van der Waals surface area contributed by atoms with Crippen molar-refractivity contribution in [3.63, 3.8) is 0 Å². The maximum absolute atomic E-state index is 11.2. The van der Waals surface area contributed by atoms with Crippen molar-refractivity contribution < 1.29 is 9.53 Å². The van der Waals surface area contributed by atoms with Crippen molar-refractivity contribution in [2.24, 2.45) is 0 Å². The minimum atomic E-state index is -0.0226. The molecule has 1 N–H and O–H groups in total. The van der Waals surface area contributed by atoms with Crippen LogP contribution in [0.1, 0.15) is 5.56 Å². The Kier molecular flexibility index (Phi) is 3.95. The van der Waals surface area contributed by atoms with Gasteiger partial charge in [0.2, 0.25) is 5.91 Å². The Morgan fingerprint density at radius 1 is 1.57 bits per heavy atom. The molecule has 0 saturated heterocycles. The summed E-state index contributed by atoms with van der Waals surface area (Å²) in [7, 11) is 3.21. The van der Waals surface area contributed by atoms with Crippen molar-refractivity contribution in [3.8, 4) is 5.75 Å². The summed E-state index contributed by atoms with van der Waals surface area (Å²) < 4.78 is 6.10. The van der Waals surface area contributed by atoms with Crippen LogP contribution in [0.15, 0.2) is 22.7 Å². The van der Waals surface area contributed by atoms with Crippen molar-refractivity contribution in [1.82, 2.24) is 5.32 Å². The van der Waals surface area contributed by atoms with E-state index in [-0.39, 0.29) is 5.91 Å². The molecule has 1 aromatic carbocycles. The largest absolute Gasteiger partial charge is 0.496 e. The van der Waals surface area contributed by atoms with Crippen molar-refractivity contribution in [2.45, 2.75) is 6.42 Å². The molecule has 4 heteroatoms. The van der Waals surface area contributed by atoms with Gasteiger partial charge in [0.1, 0.15) is 5.75 Å². The average Bonchev–Trinajstić information content (AvgIpc) is 2.20. The molecule has 0 spiro atoms. The minimum Gasteiger partial charge on any atom is -0.496 e. The summed E-state index contributed by atoms with van der Waals surface area (Å²) in [6.07, 6.45) is 0.340. The maximum atomic E-state index is 11.2. The number of nitrogens with one attached hydrogen (secondary N) is 1. The highest BCUT2D eigenvalue weighted by Gasteiger charge is 2.07. The van der Waals surface area contributed by atoms with Crippen molar-refractivity contribution in [2.75, 3.05) is 14.2 Å². The molecule has 0 aliphatic heterocycles. The van der Waals surface area contributed by atoms with Gasteiger partial charge in [0.25, 0.3) is 0 Å². The maximum Gasteiger partial charge on any atom is 0.224 e. The Balaban J connectivity index is 2.90. The van der Waals surface area contributed by atoms with E-state index in [2.05, 4.69) is 21.2 Å². The number of amides is 1. The number of likely N-dealkylation sites (N-methyl/N-ethyl adjacent to an activating group) is 1. The van der Waals surface area contributed by atoms with Crippen LogP contribution in [0.4, 0.5) is 0 Å². The predicted molar refractivity (Wildman–Crippen MR) is 58.5 cm³/mol. The van der Waals surface area contributed by atoms with Crippen LogP contribution in [-0.2, 0) is 11.2 Å². The van der Waals surface area contributed by atoms with Gasteiger partial charge in [-0.25, -0.2) is 0 Å². The van der Waals surface area contributed by atoms with Crippen LogP contribution in [-0.4, -0.2) is 20.1 Å². The molecule has 0 fully saturated rings. The number of hydrogen-bond donors (Lipinski definition) is 1. The lowest BCUT2D eigenvalue weighted by atomic mass is 10.1. The molecule has 1 amide bonds. The first kappa shape index (κ1) is 11.0. The molecule has 0 radical (unpaired) electrons. The van der Waals surface area contributed by atoms with E-state index in [0.29, 0.717) is 6.42 Å². The van der Waals surface area contributed by atoms with Gasteiger partial charge < -0.3 is 10.1 Å². The molecule has 0 bridgehead atoms. The van der Waals surface area contributed by atoms with E-state index in [1.807, 2.05) is 18.2 Å². The lowest BCUT2D eigenvalue weighted by Crippen LogP contribution is -2.20. The number of carbonyl (C=O) groups is 1. The summed E-state index contributed by atoms with van der Waals surface area (Å²) in [5, 5.41) is 2.57. The lowest BCUT2D eigenvalue weighted by Gasteiger charge is -2.07. The van der Waals surface area contributed by atoms with Crippen LogP contribution < -0.4 is 10.1 Å². The smallest absolute Gasteiger partial charge is 0.224 e. The van der Waals surface area contributed by atoms with Crippen LogP contribution in [0, 0.1) is 0 Å². The van der Waals surface area contributed by atoms with Gasteiger partial charge in [-0.2, -0.15) is 0 Å².